The van der Waals surface area contributed by atoms with E-state index in [1.54, 1.807) is 11.8 Å². The summed E-state index contributed by atoms with van der Waals surface area (Å²) >= 11 is 1.58. The number of carbonyl (C=O) groups is 1. The molecule has 1 rings (SSSR count). The zero-order valence-corrected chi connectivity index (χ0v) is 11.4. The van der Waals surface area contributed by atoms with Gasteiger partial charge in [0.2, 0.25) is 0 Å². The average molecular weight is 308 g/mol. The minimum Gasteiger partial charge on any atom is -0.396 e. The highest BCUT2D eigenvalue weighted by molar-refractivity contribution is 7.99. The van der Waals surface area contributed by atoms with Gasteiger partial charge in [0.15, 0.2) is 0 Å². The maximum Gasteiger partial charge on any atom is 0.417 e. The van der Waals surface area contributed by atoms with Crippen molar-refractivity contribution in [3.8, 4) is 0 Å². The summed E-state index contributed by atoms with van der Waals surface area (Å²) in [6.45, 7) is 0.534. The molecule has 0 unspecified atom stereocenters. The Bertz CT molecular complexity index is 424. The molecule has 0 saturated heterocycles. The van der Waals surface area contributed by atoms with Crippen LogP contribution in [0.3, 0.4) is 0 Å². The maximum atomic E-state index is 12.3. The summed E-state index contributed by atoms with van der Waals surface area (Å²) in [5, 5.41) is 11.1. The van der Waals surface area contributed by atoms with Gasteiger partial charge in [-0.05, 0) is 24.3 Å². The lowest BCUT2D eigenvalue weighted by Gasteiger charge is -2.07. The minimum absolute atomic E-state index is 0.0432. The van der Waals surface area contributed by atoms with Crippen LogP contribution < -0.4 is 5.32 Å². The van der Waals surface area contributed by atoms with Gasteiger partial charge in [-0.2, -0.15) is 24.9 Å². The smallest absolute Gasteiger partial charge is 0.396 e. The Labute approximate surface area is 118 Å². The molecule has 1 aromatic heterocycles. The molecule has 8 heteroatoms. The van der Waals surface area contributed by atoms with Crippen LogP contribution in [0.4, 0.5) is 13.2 Å². The average Bonchev–Trinajstić information content (AvgIpc) is 2.41. The zero-order chi connectivity index (χ0) is 15.0. The van der Waals surface area contributed by atoms with Gasteiger partial charge in [0, 0.05) is 25.1 Å². The fraction of sp³-hybridized carbons (Fsp3) is 0.500. The molecule has 0 fully saturated rings. The number of amides is 1. The molecule has 1 heterocycles. The van der Waals surface area contributed by atoms with Crippen LogP contribution in [0, 0.1) is 0 Å². The number of aromatic nitrogens is 1. The zero-order valence-electron chi connectivity index (χ0n) is 10.6. The van der Waals surface area contributed by atoms with Crippen LogP contribution in [0.15, 0.2) is 18.3 Å². The molecule has 0 bridgehead atoms. The lowest BCUT2D eigenvalue weighted by molar-refractivity contribution is -0.137. The third-order valence-electron chi connectivity index (χ3n) is 2.30. The summed E-state index contributed by atoms with van der Waals surface area (Å²) in [6.07, 6.45) is -3.12. The van der Waals surface area contributed by atoms with Crippen molar-refractivity contribution in [2.24, 2.45) is 0 Å². The molecule has 112 valence electrons. The van der Waals surface area contributed by atoms with Gasteiger partial charge in [0.1, 0.15) is 5.69 Å². The molecular weight excluding hydrogens is 293 g/mol. The third-order valence-corrected chi connectivity index (χ3v) is 3.37. The number of aliphatic hydroxyl groups is 1. The quantitative estimate of drug-likeness (QED) is 0.756. The predicted molar refractivity (Wildman–Crippen MR) is 70.6 cm³/mol. The second-order valence-corrected chi connectivity index (χ2v) is 5.10. The monoisotopic (exact) mass is 308 g/mol. The third kappa shape index (κ3) is 5.79. The molecule has 0 aliphatic carbocycles. The molecule has 0 atom stereocenters. The van der Waals surface area contributed by atoms with E-state index in [9.17, 15) is 18.0 Å². The number of thioether (sulfide) groups is 1. The summed E-state index contributed by atoms with van der Waals surface area (Å²) in [7, 11) is 0. The van der Waals surface area contributed by atoms with Crippen LogP contribution in [-0.2, 0) is 6.18 Å². The second-order valence-electron chi connectivity index (χ2n) is 3.88. The van der Waals surface area contributed by atoms with E-state index in [4.69, 9.17) is 5.11 Å². The van der Waals surface area contributed by atoms with E-state index < -0.39 is 17.6 Å². The van der Waals surface area contributed by atoms with Crippen LogP contribution in [0.25, 0.3) is 0 Å². The van der Waals surface area contributed by atoms with E-state index in [0.717, 1.165) is 17.9 Å². The fourth-order valence-corrected chi connectivity index (χ4v) is 2.08. The van der Waals surface area contributed by atoms with Crippen LogP contribution >= 0.6 is 11.8 Å². The van der Waals surface area contributed by atoms with Crippen LogP contribution in [-0.4, -0.2) is 40.7 Å². The summed E-state index contributed by atoms with van der Waals surface area (Å²) in [5.74, 6) is 0.971. The minimum atomic E-state index is -4.45. The first-order chi connectivity index (χ1) is 9.45. The Hall–Kier alpha value is -1.28. The summed E-state index contributed by atoms with van der Waals surface area (Å²) in [5.41, 5.74) is -0.924. The van der Waals surface area contributed by atoms with Gasteiger partial charge < -0.3 is 10.4 Å². The van der Waals surface area contributed by atoms with Crippen molar-refractivity contribution >= 4 is 17.7 Å². The molecule has 1 aromatic rings. The van der Waals surface area contributed by atoms with Gasteiger partial charge in [-0.3, -0.25) is 9.78 Å². The van der Waals surface area contributed by atoms with Crippen LogP contribution in [0.2, 0.25) is 0 Å². The molecule has 1 amide bonds. The fourth-order valence-electron chi connectivity index (χ4n) is 1.29. The number of alkyl halides is 3. The van der Waals surface area contributed by atoms with E-state index >= 15 is 0 Å². The first-order valence-corrected chi connectivity index (χ1v) is 7.10. The molecular formula is C12H15F3N2O2S. The Morgan fingerprint density at radius 2 is 2.10 bits per heavy atom. The van der Waals surface area contributed by atoms with Crippen molar-refractivity contribution in [2.45, 2.75) is 12.6 Å². The van der Waals surface area contributed by atoms with Crippen molar-refractivity contribution in [3.05, 3.63) is 29.6 Å². The largest absolute Gasteiger partial charge is 0.417 e. The number of aliphatic hydroxyl groups excluding tert-OH is 1. The SMILES string of the molecule is O=C(NCCSCCCO)c1ccc(C(F)(F)F)cn1. The Morgan fingerprint density at radius 3 is 2.65 bits per heavy atom. The van der Waals surface area contributed by atoms with Gasteiger partial charge in [-0.1, -0.05) is 0 Å². The molecule has 2 N–H and O–H groups in total. The molecule has 20 heavy (non-hydrogen) atoms. The summed E-state index contributed by atoms with van der Waals surface area (Å²) in [6, 6.07) is 1.88. The lowest BCUT2D eigenvalue weighted by atomic mass is 10.2. The Balaban J connectivity index is 2.37. The standard InChI is InChI=1S/C12H15F3N2O2S/c13-12(14,15)9-2-3-10(17-8-9)11(19)16-4-7-20-6-1-5-18/h2-3,8,18H,1,4-7H2,(H,16,19). The number of hydrogen-bond acceptors (Lipinski definition) is 4. The van der Waals surface area contributed by atoms with Gasteiger partial charge in [0.05, 0.1) is 5.56 Å². The van der Waals surface area contributed by atoms with E-state index in [1.165, 1.54) is 0 Å². The number of nitrogens with one attached hydrogen (secondary N) is 1. The number of hydrogen-bond donors (Lipinski definition) is 2. The molecule has 0 radical (unpaired) electrons. The van der Waals surface area contributed by atoms with Crippen molar-refractivity contribution in [1.29, 1.82) is 0 Å². The number of halogens is 3. The normalized spacial score (nSPS) is 11.4. The predicted octanol–water partition coefficient (Wildman–Crippen LogP) is 1.95. The number of pyridine rings is 1. The highest BCUT2D eigenvalue weighted by Crippen LogP contribution is 2.28. The van der Waals surface area contributed by atoms with Gasteiger partial charge >= 0.3 is 6.18 Å². The number of rotatable bonds is 7. The molecule has 0 saturated carbocycles. The van der Waals surface area contributed by atoms with Gasteiger partial charge in [0.25, 0.3) is 5.91 Å². The van der Waals surface area contributed by atoms with Crippen molar-refractivity contribution in [2.75, 3.05) is 24.7 Å². The molecule has 0 aliphatic rings. The first-order valence-electron chi connectivity index (χ1n) is 5.95. The highest BCUT2D eigenvalue weighted by atomic mass is 32.2. The molecule has 4 nitrogen and oxygen atoms in total. The van der Waals surface area contributed by atoms with Crippen molar-refractivity contribution < 1.29 is 23.1 Å². The number of nitrogens with zero attached hydrogens (tertiary/aromatic N) is 1. The summed E-state index contributed by atoms with van der Waals surface area (Å²) < 4.78 is 36.9. The van der Waals surface area contributed by atoms with E-state index in [1.807, 2.05) is 0 Å². The van der Waals surface area contributed by atoms with Crippen molar-refractivity contribution in [3.63, 3.8) is 0 Å². The van der Waals surface area contributed by atoms with E-state index in [-0.39, 0.29) is 12.3 Å². The highest BCUT2D eigenvalue weighted by Gasteiger charge is 2.30. The first kappa shape index (κ1) is 16.8. The number of carbonyl (C=O) groups excluding carboxylic acids is 1. The van der Waals surface area contributed by atoms with Gasteiger partial charge in [-0.25, -0.2) is 0 Å². The van der Waals surface area contributed by atoms with Crippen LogP contribution in [0.1, 0.15) is 22.5 Å². The second kappa shape index (κ2) is 8.11. The van der Waals surface area contributed by atoms with Gasteiger partial charge in [-0.15, -0.1) is 0 Å². The maximum absolute atomic E-state index is 12.3. The topological polar surface area (TPSA) is 62.2 Å². The lowest BCUT2D eigenvalue weighted by Crippen LogP contribution is -2.26. The van der Waals surface area contributed by atoms with Crippen LogP contribution in [0.5, 0.6) is 0 Å². The molecule has 0 spiro atoms. The van der Waals surface area contributed by atoms with E-state index in [2.05, 4.69) is 10.3 Å². The van der Waals surface area contributed by atoms with E-state index in [0.29, 0.717) is 24.9 Å². The Kier molecular flexibility index (Phi) is 6.80. The summed E-state index contributed by atoms with van der Waals surface area (Å²) in [4.78, 5) is 15.1. The molecule has 0 aliphatic heterocycles. The molecule has 0 aromatic carbocycles. The van der Waals surface area contributed by atoms with Crippen molar-refractivity contribution in [1.82, 2.24) is 10.3 Å². The Morgan fingerprint density at radius 1 is 1.35 bits per heavy atom.